The second-order valence-electron chi connectivity index (χ2n) is 4.43. The molecule has 0 saturated carbocycles. The molecule has 102 valence electrons. The van der Waals surface area contributed by atoms with Crippen LogP contribution in [0.1, 0.15) is 13.8 Å². The minimum atomic E-state index is -0.601. The summed E-state index contributed by atoms with van der Waals surface area (Å²) in [5, 5.41) is 3.11. The molecule has 1 aliphatic rings. The smallest absolute Gasteiger partial charge is 0.250 e. The number of benzene rings is 1. The Morgan fingerprint density at radius 3 is 2.63 bits per heavy atom. The maximum atomic E-state index is 12.3. The zero-order chi connectivity index (χ0) is 14.2. The van der Waals surface area contributed by atoms with Gasteiger partial charge in [-0.3, -0.25) is 14.5 Å². The second kappa shape index (κ2) is 5.09. The van der Waals surface area contributed by atoms with Gasteiger partial charge in [0.05, 0.1) is 12.8 Å². The molecule has 1 heterocycles. The summed E-state index contributed by atoms with van der Waals surface area (Å²) in [5.74, 6) is 0.119. The van der Waals surface area contributed by atoms with E-state index >= 15 is 0 Å². The van der Waals surface area contributed by atoms with E-state index in [0.29, 0.717) is 16.5 Å². The SMILES string of the molecule is COc1ccc(Cl)cc1N1C(=O)C(C)NC(=O)C1C. The summed E-state index contributed by atoms with van der Waals surface area (Å²) in [6, 6.07) is 3.81. The Kier molecular flexibility index (Phi) is 3.66. The molecule has 1 aromatic carbocycles. The van der Waals surface area contributed by atoms with Crippen LogP contribution in [0.3, 0.4) is 0 Å². The first-order chi connectivity index (χ1) is 8.95. The number of nitrogens with one attached hydrogen (secondary N) is 1. The number of amides is 2. The molecular weight excluding hydrogens is 268 g/mol. The first-order valence-corrected chi connectivity index (χ1v) is 6.30. The quantitative estimate of drug-likeness (QED) is 0.896. The number of methoxy groups -OCH3 is 1. The number of hydrogen-bond donors (Lipinski definition) is 1. The van der Waals surface area contributed by atoms with Gasteiger partial charge < -0.3 is 10.1 Å². The molecule has 0 aromatic heterocycles. The van der Waals surface area contributed by atoms with E-state index in [9.17, 15) is 9.59 Å². The second-order valence-corrected chi connectivity index (χ2v) is 4.87. The molecule has 0 bridgehead atoms. The minimum absolute atomic E-state index is 0.187. The summed E-state index contributed by atoms with van der Waals surface area (Å²) in [5.41, 5.74) is 0.509. The number of hydrogen-bond acceptors (Lipinski definition) is 3. The monoisotopic (exact) mass is 282 g/mol. The summed E-state index contributed by atoms with van der Waals surface area (Å²) < 4.78 is 5.24. The molecule has 5 nitrogen and oxygen atoms in total. The molecule has 0 aliphatic carbocycles. The van der Waals surface area contributed by atoms with E-state index in [0.717, 1.165) is 0 Å². The van der Waals surface area contributed by atoms with Crippen molar-refractivity contribution >= 4 is 29.1 Å². The lowest BCUT2D eigenvalue weighted by atomic mass is 10.1. The average molecular weight is 283 g/mol. The van der Waals surface area contributed by atoms with Gasteiger partial charge in [-0.15, -0.1) is 0 Å². The van der Waals surface area contributed by atoms with Crippen molar-refractivity contribution in [1.82, 2.24) is 5.32 Å². The van der Waals surface area contributed by atoms with Crippen molar-refractivity contribution in [3.63, 3.8) is 0 Å². The Morgan fingerprint density at radius 1 is 1.32 bits per heavy atom. The van der Waals surface area contributed by atoms with Crippen LogP contribution >= 0.6 is 11.6 Å². The summed E-state index contributed by atoms with van der Waals surface area (Å²) in [4.78, 5) is 25.5. The molecule has 0 radical (unpaired) electrons. The van der Waals surface area contributed by atoms with Gasteiger partial charge in [-0.25, -0.2) is 0 Å². The molecule has 2 rings (SSSR count). The lowest BCUT2D eigenvalue weighted by Gasteiger charge is -2.36. The van der Waals surface area contributed by atoms with Crippen LogP contribution in [-0.4, -0.2) is 31.0 Å². The Balaban J connectivity index is 2.51. The van der Waals surface area contributed by atoms with Crippen LogP contribution in [0.4, 0.5) is 5.69 Å². The molecule has 1 N–H and O–H groups in total. The van der Waals surface area contributed by atoms with Crippen molar-refractivity contribution < 1.29 is 14.3 Å². The predicted octanol–water partition coefficient (Wildman–Crippen LogP) is 1.59. The molecule has 1 saturated heterocycles. The number of piperazine rings is 1. The maximum absolute atomic E-state index is 12.3. The van der Waals surface area contributed by atoms with Crippen molar-refractivity contribution in [1.29, 1.82) is 0 Å². The number of anilines is 1. The highest BCUT2D eigenvalue weighted by Gasteiger charge is 2.38. The van der Waals surface area contributed by atoms with Crippen molar-refractivity contribution in [3.05, 3.63) is 23.2 Å². The van der Waals surface area contributed by atoms with Crippen molar-refractivity contribution in [3.8, 4) is 5.75 Å². The standard InChI is InChI=1S/C13H15ClN2O3/c1-7-13(18)16(8(2)12(17)15-7)10-6-9(14)4-5-11(10)19-3/h4-8H,1-3H3,(H,15,17). The molecule has 1 aromatic rings. The molecule has 19 heavy (non-hydrogen) atoms. The van der Waals surface area contributed by atoms with Gasteiger partial charge in [0.1, 0.15) is 17.8 Å². The fraction of sp³-hybridized carbons (Fsp3) is 0.385. The third kappa shape index (κ3) is 2.38. The summed E-state index contributed by atoms with van der Waals surface area (Å²) in [6.07, 6.45) is 0. The van der Waals surface area contributed by atoms with Crippen LogP contribution in [-0.2, 0) is 9.59 Å². The van der Waals surface area contributed by atoms with E-state index in [-0.39, 0.29) is 11.8 Å². The molecule has 6 heteroatoms. The first-order valence-electron chi connectivity index (χ1n) is 5.92. The molecule has 1 aliphatic heterocycles. The summed E-state index contributed by atoms with van der Waals surface area (Å²) in [6.45, 7) is 3.32. The van der Waals surface area contributed by atoms with Crippen LogP contribution in [0.5, 0.6) is 5.75 Å². The molecular formula is C13H15ClN2O3. The molecule has 2 atom stereocenters. The molecule has 2 unspecified atom stereocenters. The highest BCUT2D eigenvalue weighted by molar-refractivity contribution is 6.31. The number of nitrogens with zero attached hydrogens (tertiary/aromatic N) is 1. The van der Waals surface area contributed by atoms with E-state index in [1.807, 2.05) is 0 Å². The van der Waals surface area contributed by atoms with Gasteiger partial charge >= 0.3 is 0 Å². The summed E-state index contributed by atoms with van der Waals surface area (Å²) >= 11 is 5.97. The fourth-order valence-corrected chi connectivity index (χ4v) is 2.26. The van der Waals surface area contributed by atoms with Gasteiger partial charge in [-0.05, 0) is 32.0 Å². The van der Waals surface area contributed by atoms with Gasteiger partial charge in [-0.1, -0.05) is 11.6 Å². The Hall–Kier alpha value is -1.75. The van der Waals surface area contributed by atoms with Crippen LogP contribution in [0.25, 0.3) is 0 Å². The normalized spacial score (nSPS) is 23.3. The Morgan fingerprint density at radius 2 is 2.00 bits per heavy atom. The van der Waals surface area contributed by atoms with Gasteiger partial charge in [0.15, 0.2) is 0 Å². The number of carbonyl (C=O) groups excluding carboxylic acids is 2. The number of carbonyl (C=O) groups is 2. The number of ether oxygens (including phenoxy) is 1. The Labute approximate surface area is 116 Å². The van der Waals surface area contributed by atoms with Crippen LogP contribution in [0.15, 0.2) is 18.2 Å². The van der Waals surface area contributed by atoms with Crippen LogP contribution in [0, 0.1) is 0 Å². The molecule has 0 spiro atoms. The lowest BCUT2D eigenvalue weighted by Crippen LogP contribution is -2.61. The third-order valence-corrected chi connectivity index (χ3v) is 3.37. The first kappa shape index (κ1) is 13.7. The summed E-state index contributed by atoms with van der Waals surface area (Å²) in [7, 11) is 1.51. The largest absolute Gasteiger partial charge is 0.495 e. The van der Waals surface area contributed by atoms with Gasteiger partial charge in [0.25, 0.3) is 0 Å². The van der Waals surface area contributed by atoms with Crippen LogP contribution < -0.4 is 15.0 Å². The van der Waals surface area contributed by atoms with Crippen molar-refractivity contribution in [2.75, 3.05) is 12.0 Å². The predicted molar refractivity (Wildman–Crippen MR) is 72.6 cm³/mol. The van der Waals surface area contributed by atoms with Crippen molar-refractivity contribution in [2.45, 2.75) is 25.9 Å². The Bertz CT molecular complexity index is 533. The van der Waals surface area contributed by atoms with Crippen LogP contribution in [0.2, 0.25) is 5.02 Å². The third-order valence-electron chi connectivity index (χ3n) is 3.13. The number of rotatable bonds is 2. The zero-order valence-corrected chi connectivity index (χ0v) is 11.7. The molecule has 2 amide bonds. The van der Waals surface area contributed by atoms with E-state index in [2.05, 4.69) is 5.32 Å². The molecule has 1 fully saturated rings. The van der Waals surface area contributed by atoms with Crippen molar-refractivity contribution in [2.24, 2.45) is 0 Å². The van der Waals surface area contributed by atoms with Gasteiger partial charge in [-0.2, -0.15) is 0 Å². The van der Waals surface area contributed by atoms with Gasteiger partial charge in [0.2, 0.25) is 11.8 Å². The van der Waals surface area contributed by atoms with Gasteiger partial charge in [0, 0.05) is 5.02 Å². The minimum Gasteiger partial charge on any atom is -0.495 e. The average Bonchev–Trinajstić information content (AvgIpc) is 2.37. The zero-order valence-electron chi connectivity index (χ0n) is 10.9. The van der Waals surface area contributed by atoms with E-state index in [4.69, 9.17) is 16.3 Å². The highest BCUT2D eigenvalue weighted by Crippen LogP contribution is 2.33. The van der Waals surface area contributed by atoms with E-state index in [1.165, 1.54) is 12.0 Å². The highest BCUT2D eigenvalue weighted by atomic mass is 35.5. The maximum Gasteiger partial charge on any atom is 0.250 e. The number of halogens is 1. The topological polar surface area (TPSA) is 58.6 Å². The fourth-order valence-electron chi connectivity index (χ4n) is 2.09. The van der Waals surface area contributed by atoms with E-state index < -0.39 is 12.1 Å². The lowest BCUT2D eigenvalue weighted by molar-refractivity contribution is -0.133. The van der Waals surface area contributed by atoms with E-state index in [1.54, 1.807) is 32.0 Å².